The molecule has 0 aromatic heterocycles. The topological polar surface area (TPSA) is 125 Å². The minimum atomic E-state index is -0.996. The number of carboxylic acids is 1. The van der Waals surface area contributed by atoms with Crippen molar-refractivity contribution in [1.29, 1.82) is 0 Å². The molecule has 3 N–H and O–H groups in total. The number of carbonyl (C=O) groups excluding carboxylic acids is 3. The summed E-state index contributed by atoms with van der Waals surface area (Å²) in [7, 11) is 0. The van der Waals surface area contributed by atoms with Gasteiger partial charge in [-0.15, -0.1) is 0 Å². The number of carbonyl (C=O) groups is 4. The summed E-state index contributed by atoms with van der Waals surface area (Å²) in [5, 5.41) is 14.7. The summed E-state index contributed by atoms with van der Waals surface area (Å²) in [5.41, 5.74) is 0.430. The van der Waals surface area contributed by atoms with E-state index >= 15 is 0 Å². The Kier molecular flexibility index (Phi) is 10.3. The number of hydrogen-bond acceptors (Lipinski definition) is 5. The molecule has 0 unspecified atom stereocenters. The van der Waals surface area contributed by atoms with E-state index in [2.05, 4.69) is 10.6 Å². The van der Waals surface area contributed by atoms with Crippen molar-refractivity contribution in [2.24, 2.45) is 5.92 Å². The Balaban J connectivity index is 1.73. The number of aliphatic carboxylic acids is 1. The zero-order valence-corrected chi connectivity index (χ0v) is 20.3. The fraction of sp³-hybridized carbons (Fsp3) is 0.600. The number of benzene rings is 1. The molecule has 1 saturated heterocycles. The molecule has 1 aliphatic heterocycles. The van der Waals surface area contributed by atoms with E-state index in [0.717, 1.165) is 18.4 Å². The van der Waals surface area contributed by atoms with Crippen LogP contribution in [0.5, 0.6) is 0 Å². The SMILES string of the molecule is CC(C)(C)OC(=O)NCCCCCC(=O)NC[C@@H]1C[C@@H](CC(=O)O)C(=O)N1Cc1ccccc1. The molecule has 1 aromatic carbocycles. The third-order valence-electron chi connectivity index (χ3n) is 5.53. The van der Waals surface area contributed by atoms with Gasteiger partial charge in [0.2, 0.25) is 11.8 Å². The van der Waals surface area contributed by atoms with E-state index < -0.39 is 23.6 Å². The maximum atomic E-state index is 12.8. The van der Waals surface area contributed by atoms with Crippen molar-refractivity contribution in [3.8, 4) is 0 Å². The first-order valence-electron chi connectivity index (χ1n) is 11.8. The first kappa shape index (κ1) is 27.1. The number of alkyl carbamates (subject to hydrolysis) is 1. The van der Waals surface area contributed by atoms with Crippen molar-refractivity contribution >= 4 is 23.9 Å². The normalized spacial score (nSPS) is 18.0. The Morgan fingerprint density at radius 2 is 1.79 bits per heavy atom. The van der Waals surface area contributed by atoms with Gasteiger partial charge in [-0.2, -0.15) is 0 Å². The van der Waals surface area contributed by atoms with Gasteiger partial charge in [0, 0.05) is 26.1 Å². The molecule has 9 nitrogen and oxygen atoms in total. The van der Waals surface area contributed by atoms with Crippen molar-refractivity contribution in [3.05, 3.63) is 35.9 Å². The van der Waals surface area contributed by atoms with Gasteiger partial charge in [0.25, 0.3) is 0 Å². The van der Waals surface area contributed by atoms with Crippen molar-refractivity contribution in [2.45, 2.75) is 77.5 Å². The highest BCUT2D eigenvalue weighted by Crippen LogP contribution is 2.28. The van der Waals surface area contributed by atoms with E-state index in [0.29, 0.717) is 38.9 Å². The van der Waals surface area contributed by atoms with E-state index in [9.17, 15) is 19.2 Å². The molecule has 2 atom stereocenters. The lowest BCUT2D eigenvalue weighted by molar-refractivity contribution is -0.142. The van der Waals surface area contributed by atoms with Crippen LogP contribution in [0.2, 0.25) is 0 Å². The Hall–Kier alpha value is -3.10. The summed E-state index contributed by atoms with van der Waals surface area (Å²) < 4.78 is 5.17. The maximum Gasteiger partial charge on any atom is 0.407 e. The first-order chi connectivity index (χ1) is 16.0. The van der Waals surface area contributed by atoms with Crippen LogP contribution in [0.1, 0.15) is 64.9 Å². The van der Waals surface area contributed by atoms with E-state index in [-0.39, 0.29) is 24.3 Å². The highest BCUT2D eigenvalue weighted by Gasteiger charge is 2.40. The molecule has 188 valence electrons. The first-order valence-corrected chi connectivity index (χ1v) is 11.8. The molecule has 0 radical (unpaired) electrons. The van der Waals surface area contributed by atoms with Gasteiger partial charge in [-0.1, -0.05) is 36.8 Å². The molecule has 1 aliphatic rings. The molecule has 3 amide bonds. The average Bonchev–Trinajstić information content (AvgIpc) is 3.02. The molecule has 0 spiro atoms. The van der Waals surface area contributed by atoms with E-state index in [1.807, 2.05) is 30.3 Å². The largest absolute Gasteiger partial charge is 0.481 e. The van der Waals surface area contributed by atoms with Gasteiger partial charge in [0.1, 0.15) is 5.60 Å². The van der Waals surface area contributed by atoms with E-state index in [1.165, 1.54) is 0 Å². The van der Waals surface area contributed by atoms with Crippen LogP contribution in [0.3, 0.4) is 0 Å². The second kappa shape index (κ2) is 13.0. The third-order valence-corrected chi connectivity index (χ3v) is 5.53. The lowest BCUT2D eigenvalue weighted by Gasteiger charge is -2.25. The van der Waals surface area contributed by atoms with Crippen LogP contribution >= 0.6 is 0 Å². The van der Waals surface area contributed by atoms with Crippen molar-refractivity contribution in [2.75, 3.05) is 13.1 Å². The van der Waals surface area contributed by atoms with Crippen molar-refractivity contribution in [1.82, 2.24) is 15.5 Å². The zero-order valence-electron chi connectivity index (χ0n) is 20.3. The van der Waals surface area contributed by atoms with Gasteiger partial charge < -0.3 is 25.4 Å². The van der Waals surface area contributed by atoms with Crippen molar-refractivity contribution in [3.63, 3.8) is 0 Å². The molecule has 1 fully saturated rings. The number of carboxylic acid groups (broad SMARTS) is 1. The molecule has 0 aliphatic carbocycles. The molecule has 1 aromatic rings. The highest BCUT2D eigenvalue weighted by atomic mass is 16.6. The van der Waals surface area contributed by atoms with Gasteiger partial charge >= 0.3 is 12.1 Å². The summed E-state index contributed by atoms with van der Waals surface area (Å²) in [4.78, 5) is 49.6. The molecular weight excluding hydrogens is 438 g/mol. The maximum absolute atomic E-state index is 12.8. The number of rotatable bonds is 12. The summed E-state index contributed by atoms with van der Waals surface area (Å²) in [5.74, 6) is -1.85. The predicted molar refractivity (Wildman–Crippen MR) is 127 cm³/mol. The molecule has 9 heteroatoms. The van der Waals surface area contributed by atoms with Crippen LogP contribution < -0.4 is 10.6 Å². The van der Waals surface area contributed by atoms with Crippen molar-refractivity contribution < 1.29 is 29.0 Å². The monoisotopic (exact) mass is 475 g/mol. The van der Waals surface area contributed by atoms with Gasteiger partial charge in [-0.25, -0.2) is 4.79 Å². The lowest BCUT2D eigenvalue weighted by Crippen LogP contribution is -2.41. The summed E-state index contributed by atoms with van der Waals surface area (Å²) in [6, 6.07) is 9.29. The Bertz CT molecular complexity index is 837. The van der Waals surface area contributed by atoms with E-state index in [4.69, 9.17) is 9.84 Å². The standard InChI is InChI=1S/C25H37N3O6/c1-25(2,3)34-24(33)26-13-9-5-8-12-21(29)27-16-20-14-19(15-22(30)31)23(32)28(20)17-18-10-6-4-7-11-18/h4,6-7,10-11,19-20H,5,8-9,12-17H2,1-3H3,(H,26,33)(H,27,29)(H,30,31)/t19-,20-/m0/s1. The summed E-state index contributed by atoms with van der Waals surface area (Å²) in [6.07, 6.45) is 2.32. The summed E-state index contributed by atoms with van der Waals surface area (Å²) >= 11 is 0. The molecule has 1 heterocycles. The number of hydrogen-bond donors (Lipinski definition) is 3. The quantitative estimate of drug-likeness (QED) is 0.399. The number of unbranched alkanes of at least 4 members (excludes halogenated alkanes) is 2. The summed E-state index contributed by atoms with van der Waals surface area (Å²) in [6.45, 7) is 6.59. The van der Waals surface area contributed by atoms with E-state index in [1.54, 1.807) is 25.7 Å². The Morgan fingerprint density at radius 1 is 1.09 bits per heavy atom. The van der Waals surface area contributed by atoms with Crippen LogP contribution in [0.25, 0.3) is 0 Å². The van der Waals surface area contributed by atoms with Gasteiger partial charge in [-0.3, -0.25) is 14.4 Å². The van der Waals surface area contributed by atoms with Crippen LogP contribution in [0.15, 0.2) is 30.3 Å². The number of ether oxygens (including phenoxy) is 1. The Labute approximate surface area is 201 Å². The fourth-order valence-corrected chi connectivity index (χ4v) is 3.95. The molecular formula is C25H37N3O6. The second-order valence-corrected chi connectivity index (χ2v) is 9.68. The van der Waals surface area contributed by atoms with Crippen LogP contribution in [0, 0.1) is 5.92 Å². The second-order valence-electron chi connectivity index (χ2n) is 9.68. The molecule has 2 rings (SSSR count). The number of nitrogens with one attached hydrogen (secondary N) is 2. The zero-order chi connectivity index (χ0) is 25.1. The Morgan fingerprint density at radius 3 is 2.44 bits per heavy atom. The fourth-order valence-electron chi connectivity index (χ4n) is 3.95. The number of likely N-dealkylation sites (tertiary alicyclic amines) is 1. The average molecular weight is 476 g/mol. The van der Waals surface area contributed by atoms with Gasteiger partial charge in [0.15, 0.2) is 0 Å². The lowest BCUT2D eigenvalue weighted by atomic mass is 10.0. The molecule has 0 bridgehead atoms. The minimum absolute atomic E-state index is 0.103. The highest BCUT2D eigenvalue weighted by molar-refractivity contribution is 5.85. The minimum Gasteiger partial charge on any atom is -0.481 e. The third kappa shape index (κ3) is 9.80. The van der Waals surface area contributed by atoms with Gasteiger partial charge in [0.05, 0.1) is 18.4 Å². The number of nitrogens with zero attached hydrogens (tertiary/aromatic N) is 1. The van der Waals surface area contributed by atoms with Crippen LogP contribution in [-0.4, -0.2) is 58.6 Å². The predicted octanol–water partition coefficient (Wildman–Crippen LogP) is 3.08. The smallest absolute Gasteiger partial charge is 0.407 e. The van der Waals surface area contributed by atoms with Gasteiger partial charge in [-0.05, 0) is 45.6 Å². The number of amides is 3. The molecule has 0 saturated carbocycles. The molecule has 34 heavy (non-hydrogen) atoms. The van der Waals surface area contributed by atoms with Crippen LogP contribution in [-0.2, 0) is 25.7 Å². The van der Waals surface area contributed by atoms with Crippen LogP contribution in [0.4, 0.5) is 4.79 Å².